The molecular weight excluding hydrogens is 727 g/mol. The molecule has 0 aromatic heterocycles. The van der Waals surface area contributed by atoms with Crippen LogP contribution in [-0.4, -0.2) is 3.21 Å². The van der Waals surface area contributed by atoms with Crippen molar-refractivity contribution < 1.29 is 46.1 Å². The van der Waals surface area contributed by atoms with Crippen LogP contribution in [0, 0.1) is 27.6 Å². The summed E-state index contributed by atoms with van der Waals surface area (Å²) in [6.07, 6.45) is 17.0. The number of hydrogen-bond donors (Lipinski definition) is 0. The van der Waals surface area contributed by atoms with Gasteiger partial charge in [0.25, 0.3) is 0 Å². The normalized spacial score (nSPS) is 27.4. The van der Waals surface area contributed by atoms with Gasteiger partial charge in [-0.25, -0.2) is 0 Å². The van der Waals surface area contributed by atoms with Gasteiger partial charge in [0.2, 0.25) is 0 Å². The van der Waals surface area contributed by atoms with Crippen LogP contribution < -0.4 is 24.8 Å². The van der Waals surface area contributed by atoms with Crippen LogP contribution in [0.4, 0.5) is 0 Å². The smallest absolute Gasteiger partial charge is 1.00 e. The molecule has 0 bridgehead atoms. The SMILES string of the molecule is CC12C(=C3Cc4ccccc4C3=C3C=CCCC31)[C](C)([Zr+2]([C]1=CC=CC1)=[C](c1ccccc1)c1ccccc1)C(C)(C)C(C)(C)C2(C)C.[Cl-].[Cl-]. The van der Waals surface area contributed by atoms with Gasteiger partial charge in [-0.1, -0.05) is 0 Å². The average molecular weight is 779 g/mol. The summed E-state index contributed by atoms with van der Waals surface area (Å²) < 4.78 is 3.42. The summed E-state index contributed by atoms with van der Waals surface area (Å²) in [6, 6.07) is 32.5. The maximum Gasteiger partial charge on any atom is -1.00 e. The number of halogens is 2. The Kier molecular flexibility index (Phi) is 9.72. The molecule has 3 aromatic rings. The fraction of sp³-hybridized carbons (Fsp3) is 0.383. The summed E-state index contributed by atoms with van der Waals surface area (Å²) in [5, 5.41) is 0. The minimum atomic E-state index is -2.96. The first kappa shape index (κ1) is 37.5. The minimum absolute atomic E-state index is 0. The number of fused-ring (bicyclic) bond motifs is 6. The molecule has 258 valence electrons. The molecule has 3 unspecified atom stereocenters. The van der Waals surface area contributed by atoms with Crippen molar-refractivity contribution in [3.05, 3.63) is 158 Å². The summed E-state index contributed by atoms with van der Waals surface area (Å²) in [5.74, 6) is 0.504. The van der Waals surface area contributed by atoms with Crippen molar-refractivity contribution in [1.29, 1.82) is 0 Å². The zero-order chi connectivity index (χ0) is 33.7. The van der Waals surface area contributed by atoms with Crippen molar-refractivity contribution in [3.8, 4) is 0 Å². The quantitative estimate of drug-likeness (QED) is 0.293. The second-order valence-corrected chi connectivity index (χ2v) is 24.2. The molecule has 3 heteroatoms. The van der Waals surface area contributed by atoms with E-state index in [2.05, 4.69) is 171 Å². The molecule has 0 N–H and O–H groups in total. The van der Waals surface area contributed by atoms with E-state index in [1.165, 1.54) is 35.1 Å². The van der Waals surface area contributed by atoms with Crippen molar-refractivity contribution in [3.63, 3.8) is 0 Å². The molecular formula is C47H52Cl2Zr. The molecule has 5 aliphatic carbocycles. The molecule has 3 atom stereocenters. The Hall–Kier alpha value is -2.31. The largest absolute Gasteiger partial charge is 1.00 e. The van der Waals surface area contributed by atoms with Crippen molar-refractivity contribution in [2.24, 2.45) is 27.6 Å². The Bertz CT molecular complexity index is 1980. The number of rotatable bonds is 4. The average Bonchev–Trinajstić information content (AvgIpc) is 3.75. The van der Waals surface area contributed by atoms with E-state index in [1.807, 2.05) is 5.57 Å². The molecule has 8 rings (SSSR count). The number of hydrogen-bond acceptors (Lipinski definition) is 0. The second kappa shape index (κ2) is 13.0. The van der Waals surface area contributed by atoms with Crippen LogP contribution in [-0.2, 0) is 27.7 Å². The van der Waals surface area contributed by atoms with Gasteiger partial charge in [0.1, 0.15) is 0 Å². The Labute approximate surface area is 321 Å². The molecule has 1 fully saturated rings. The predicted molar refractivity (Wildman–Crippen MR) is 202 cm³/mol. The molecule has 50 heavy (non-hydrogen) atoms. The van der Waals surface area contributed by atoms with Gasteiger partial charge in [-0.05, 0) is 0 Å². The van der Waals surface area contributed by atoms with Gasteiger partial charge in [0, 0.05) is 0 Å². The van der Waals surface area contributed by atoms with E-state index in [0.29, 0.717) is 5.92 Å². The zero-order valence-corrected chi connectivity index (χ0v) is 35.1. The Morgan fingerprint density at radius 1 is 0.680 bits per heavy atom. The summed E-state index contributed by atoms with van der Waals surface area (Å²) >= 11 is -2.96. The van der Waals surface area contributed by atoms with E-state index in [4.69, 9.17) is 0 Å². The van der Waals surface area contributed by atoms with Gasteiger partial charge >= 0.3 is 299 Å². The van der Waals surface area contributed by atoms with Crippen LogP contribution in [0.2, 0.25) is 3.12 Å². The van der Waals surface area contributed by atoms with Crippen molar-refractivity contribution in [1.82, 2.24) is 0 Å². The third-order valence-electron chi connectivity index (χ3n) is 15.2. The van der Waals surface area contributed by atoms with E-state index in [1.54, 1.807) is 23.2 Å². The van der Waals surface area contributed by atoms with Gasteiger partial charge in [-0.15, -0.1) is 0 Å². The van der Waals surface area contributed by atoms with E-state index in [0.717, 1.165) is 12.8 Å². The molecule has 1 saturated carbocycles. The topological polar surface area (TPSA) is 0 Å². The summed E-state index contributed by atoms with van der Waals surface area (Å²) in [7, 11) is 0. The third kappa shape index (κ3) is 4.74. The molecule has 0 nitrogen and oxygen atoms in total. The van der Waals surface area contributed by atoms with Crippen molar-refractivity contribution in [2.75, 3.05) is 0 Å². The molecule has 0 heterocycles. The standard InChI is InChI=1S/C29H37.C13H10.C5H5.2ClH.Zr/c1-18-25-22-17-19-13-9-10-14-20(19)24(22)21-15-11-12-16-23(21)29(25,8)28(6,7)27(4,5)26(18,2)3;1-3-7-12(8-4-1)11-13-9-5-2-6-10-13;1-2-4-5-3-1;;;/h9-11,13-15,23H,12,16-17H2,1-8H3;1-10H;1-3H,4H2;2*1H;/q;;;;;+2/p-2. The maximum absolute atomic E-state index is 2.96. The molecule has 0 amide bonds. The van der Waals surface area contributed by atoms with E-state index >= 15 is 0 Å². The van der Waals surface area contributed by atoms with Crippen LogP contribution in [0.3, 0.4) is 0 Å². The van der Waals surface area contributed by atoms with E-state index < -0.39 is 21.3 Å². The molecule has 0 radical (unpaired) electrons. The van der Waals surface area contributed by atoms with Crippen LogP contribution in [0.5, 0.6) is 0 Å². The van der Waals surface area contributed by atoms with Crippen LogP contribution in [0.25, 0.3) is 5.57 Å². The van der Waals surface area contributed by atoms with Gasteiger partial charge in [0.15, 0.2) is 0 Å². The maximum atomic E-state index is 2.81. The van der Waals surface area contributed by atoms with Gasteiger partial charge < -0.3 is 24.8 Å². The first-order chi connectivity index (χ1) is 22.9. The third-order valence-corrected chi connectivity index (χ3v) is 24.9. The molecule has 3 aromatic carbocycles. The first-order valence-electron chi connectivity index (χ1n) is 18.3. The molecule has 5 aliphatic rings. The molecule has 0 aliphatic heterocycles. The summed E-state index contributed by atoms with van der Waals surface area (Å²) in [6.45, 7) is 21.6. The number of allylic oxidation sites excluding steroid dienone is 10. The second-order valence-electron chi connectivity index (χ2n) is 17.1. The Balaban J connectivity index is 0.00000216. The Morgan fingerprint density at radius 2 is 1.28 bits per heavy atom. The molecule has 0 spiro atoms. The van der Waals surface area contributed by atoms with Crippen molar-refractivity contribution in [2.45, 2.75) is 84.2 Å². The minimum Gasteiger partial charge on any atom is -1.00 e. The fourth-order valence-corrected chi connectivity index (χ4v) is 22.6. The monoisotopic (exact) mass is 776 g/mol. The van der Waals surface area contributed by atoms with E-state index in [9.17, 15) is 0 Å². The predicted octanol–water partition coefficient (Wildman–Crippen LogP) is 6.29. The van der Waals surface area contributed by atoms with Crippen LogP contribution in [0.1, 0.15) is 96.9 Å². The van der Waals surface area contributed by atoms with Crippen LogP contribution >= 0.6 is 0 Å². The van der Waals surface area contributed by atoms with Crippen molar-refractivity contribution >= 4 is 8.78 Å². The molecule has 0 saturated heterocycles. The van der Waals surface area contributed by atoms with Gasteiger partial charge in [-0.3, -0.25) is 0 Å². The zero-order valence-electron chi connectivity index (χ0n) is 31.1. The number of benzene rings is 3. The summed E-state index contributed by atoms with van der Waals surface area (Å²) in [4.78, 5) is 0. The Morgan fingerprint density at radius 3 is 1.88 bits per heavy atom. The van der Waals surface area contributed by atoms with Gasteiger partial charge in [-0.2, -0.15) is 0 Å². The summed E-state index contributed by atoms with van der Waals surface area (Å²) in [5.41, 5.74) is 12.8. The van der Waals surface area contributed by atoms with E-state index in [-0.39, 0.29) is 49.6 Å². The van der Waals surface area contributed by atoms with Gasteiger partial charge in [0.05, 0.1) is 0 Å². The fourth-order valence-electron chi connectivity index (χ4n) is 11.4. The first-order valence-corrected chi connectivity index (χ1v) is 22.0. The van der Waals surface area contributed by atoms with Crippen LogP contribution in [0.15, 0.2) is 135 Å².